The van der Waals surface area contributed by atoms with Crippen molar-refractivity contribution in [2.24, 2.45) is 0 Å². The molecule has 0 spiro atoms. The molecule has 0 unspecified atom stereocenters. The van der Waals surface area contributed by atoms with E-state index in [0.717, 1.165) is 16.1 Å². The van der Waals surface area contributed by atoms with Gasteiger partial charge in [-0.2, -0.15) is 0 Å². The zero-order valence-corrected chi connectivity index (χ0v) is 15.3. The van der Waals surface area contributed by atoms with Gasteiger partial charge in [0.2, 0.25) is 15.9 Å². The summed E-state index contributed by atoms with van der Waals surface area (Å²) in [4.78, 5) is 12.4. The Bertz CT molecular complexity index is 850. The van der Waals surface area contributed by atoms with Crippen molar-refractivity contribution in [1.29, 1.82) is 0 Å². The fourth-order valence-electron chi connectivity index (χ4n) is 2.47. The Balaban J connectivity index is 2.24. The first kappa shape index (κ1) is 18.8. The second-order valence-corrected chi connectivity index (χ2v) is 7.44. The highest BCUT2D eigenvalue weighted by molar-refractivity contribution is 7.92. The molecule has 0 fully saturated rings. The summed E-state index contributed by atoms with van der Waals surface area (Å²) in [6.07, 6.45) is 1.76. The van der Waals surface area contributed by atoms with Crippen LogP contribution in [0.2, 0.25) is 0 Å². The first-order chi connectivity index (χ1) is 11.8. The Hall–Kier alpha value is -2.54. The monoisotopic (exact) mass is 362 g/mol. The van der Waals surface area contributed by atoms with Crippen LogP contribution in [0.25, 0.3) is 0 Å². The van der Waals surface area contributed by atoms with Crippen LogP contribution in [0.1, 0.15) is 12.5 Å². The number of aryl methyl sites for hydroxylation is 1. The average Bonchev–Trinajstić information content (AvgIpc) is 2.59. The zero-order valence-electron chi connectivity index (χ0n) is 14.5. The maximum atomic E-state index is 12.4. The lowest BCUT2D eigenvalue weighted by Crippen LogP contribution is -2.38. The van der Waals surface area contributed by atoms with E-state index in [1.807, 2.05) is 19.1 Å². The molecule has 25 heavy (non-hydrogen) atoms. The highest BCUT2D eigenvalue weighted by atomic mass is 32.2. The minimum atomic E-state index is -3.60. The summed E-state index contributed by atoms with van der Waals surface area (Å²) in [5.74, 6) is 0.179. The lowest BCUT2D eigenvalue weighted by Gasteiger charge is -2.24. The molecule has 2 rings (SSSR count). The quantitative estimate of drug-likeness (QED) is 0.822. The number of rotatable bonds is 7. The molecule has 7 heteroatoms. The third kappa shape index (κ3) is 4.96. The number of anilines is 2. The molecule has 0 saturated heterocycles. The van der Waals surface area contributed by atoms with Gasteiger partial charge in [0.1, 0.15) is 12.3 Å². The lowest BCUT2D eigenvalue weighted by molar-refractivity contribution is -0.114. The summed E-state index contributed by atoms with van der Waals surface area (Å²) in [6.45, 7) is 1.64. The molecule has 2 aromatic rings. The Kier molecular flexibility index (Phi) is 6.03. The van der Waals surface area contributed by atoms with E-state index < -0.39 is 15.9 Å². The Morgan fingerprint density at radius 1 is 1.16 bits per heavy atom. The van der Waals surface area contributed by atoms with E-state index in [1.54, 1.807) is 36.4 Å². The third-order valence-electron chi connectivity index (χ3n) is 3.68. The molecule has 1 amide bonds. The summed E-state index contributed by atoms with van der Waals surface area (Å²) in [6, 6.07) is 14.1. The van der Waals surface area contributed by atoms with E-state index in [9.17, 15) is 13.2 Å². The molecule has 0 aliphatic heterocycles. The number of benzene rings is 2. The zero-order chi connectivity index (χ0) is 18.4. The van der Waals surface area contributed by atoms with Gasteiger partial charge in [0.15, 0.2) is 0 Å². The predicted molar refractivity (Wildman–Crippen MR) is 99.6 cm³/mol. The van der Waals surface area contributed by atoms with E-state index >= 15 is 0 Å². The van der Waals surface area contributed by atoms with E-state index in [0.29, 0.717) is 23.5 Å². The Labute approximate surface area is 148 Å². The summed E-state index contributed by atoms with van der Waals surface area (Å²) in [5.41, 5.74) is 1.93. The summed E-state index contributed by atoms with van der Waals surface area (Å²) in [7, 11) is -2.07. The van der Waals surface area contributed by atoms with Crippen LogP contribution in [-0.4, -0.2) is 34.2 Å². The minimum absolute atomic E-state index is 0.299. The Morgan fingerprint density at radius 3 is 2.52 bits per heavy atom. The van der Waals surface area contributed by atoms with Gasteiger partial charge in [0.05, 0.1) is 19.1 Å². The van der Waals surface area contributed by atoms with E-state index in [1.165, 1.54) is 7.11 Å². The van der Waals surface area contributed by atoms with Crippen LogP contribution in [0.3, 0.4) is 0 Å². The standard InChI is InChI=1S/C18H22N2O4S/c1-4-14-8-5-6-11-17(14)20(25(3,22)23)13-18(21)19-15-9-7-10-16(12-15)24-2/h5-12H,4,13H2,1-3H3,(H,19,21). The van der Waals surface area contributed by atoms with Crippen LogP contribution in [0.5, 0.6) is 5.75 Å². The van der Waals surface area contributed by atoms with Gasteiger partial charge in [-0.1, -0.05) is 31.2 Å². The van der Waals surface area contributed by atoms with Crippen molar-refractivity contribution in [1.82, 2.24) is 0 Å². The van der Waals surface area contributed by atoms with Gasteiger partial charge in [-0.15, -0.1) is 0 Å². The van der Waals surface area contributed by atoms with Crippen molar-refractivity contribution in [2.45, 2.75) is 13.3 Å². The van der Waals surface area contributed by atoms with Crippen LogP contribution in [0.15, 0.2) is 48.5 Å². The number of para-hydroxylation sites is 1. The summed E-state index contributed by atoms with van der Waals surface area (Å²) < 4.78 is 30.7. The minimum Gasteiger partial charge on any atom is -0.497 e. The number of hydrogen-bond acceptors (Lipinski definition) is 4. The fourth-order valence-corrected chi connectivity index (χ4v) is 3.35. The molecule has 6 nitrogen and oxygen atoms in total. The van der Waals surface area contributed by atoms with E-state index in [4.69, 9.17) is 4.74 Å². The first-order valence-corrected chi connectivity index (χ1v) is 9.69. The lowest BCUT2D eigenvalue weighted by atomic mass is 10.1. The average molecular weight is 362 g/mol. The molecule has 0 bridgehead atoms. The summed E-state index contributed by atoms with van der Waals surface area (Å²) in [5, 5.41) is 2.70. The number of nitrogens with zero attached hydrogens (tertiary/aromatic N) is 1. The molecule has 0 atom stereocenters. The number of ether oxygens (including phenoxy) is 1. The van der Waals surface area contributed by atoms with Crippen molar-refractivity contribution in [2.75, 3.05) is 29.5 Å². The number of hydrogen-bond donors (Lipinski definition) is 1. The van der Waals surface area contributed by atoms with Gasteiger partial charge in [-0.3, -0.25) is 9.10 Å². The number of nitrogens with one attached hydrogen (secondary N) is 1. The topological polar surface area (TPSA) is 75.7 Å². The molecule has 0 saturated carbocycles. The van der Waals surface area contributed by atoms with Crippen molar-refractivity contribution in [3.8, 4) is 5.75 Å². The SMILES string of the molecule is CCc1ccccc1N(CC(=O)Nc1cccc(OC)c1)S(C)(=O)=O. The van der Waals surface area contributed by atoms with Gasteiger partial charge in [0.25, 0.3) is 0 Å². The third-order valence-corrected chi connectivity index (χ3v) is 4.81. The number of carbonyl (C=O) groups excluding carboxylic acids is 1. The van der Waals surface area contributed by atoms with Crippen LogP contribution in [-0.2, 0) is 21.2 Å². The van der Waals surface area contributed by atoms with Gasteiger partial charge in [0, 0.05) is 11.8 Å². The van der Waals surface area contributed by atoms with E-state index in [2.05, 4.69) is 5.32 Å². The second kappa shape index (κ2) is 8.02. The smallest absolute Gasteiger partial charge is 0.245 e. The van der Waals surface area contributed by atoms with Gasteiger partial charge in [-0.05, 0) is 30.2 Å². The molecular formula is C18H22N2O4S. The van der Waals surface area contributed by atoms with Gasteiger partial charge >= 0.3 is 0 Å². The molecule has 0 aliphatic carbocycles. The molecule has 0 aromatic heterocycles. The van der Waals surface area contributed by atoms with Crippen molar-refractivity contribution in [3.63, 3.8) is 0 Å². The maximum absolute atomic E-state index is 12.4. The molecular weight excluding hydrogens is 340 g/mol. The Morgan fingerprint density at radius 2 is 1.88 bits per heavy atom. The predicted octanol–water partition coefficient (Wildman–Crippen LogP) is 2.66. The maximum Gasteiger partial charge on any atom is 0.245 e. The molecule has 134 valence electrons. The van der Waals surface area contributed by atoms with Crippen LogP contribution in [0, 0.1) is 0 Å². The van der Waals surface area contributed by atoms with Crippen molar-refractivity contribution in [3.05, 3.63) is 54.1 Å². The van der Waals surface area contributed by atoms with Gasteiger partial charge < -0.3 is 10.1 Å². The largest absolute Gasteiger partial charge is 0.497 e. The normalized spacial score (nSPS) is 11.0. The summed E-state index contributed by atoms with van der Waals surface area (Å²) >= 11 is 0. The van der Waals surface area contributed by atoms with Crippen molar-refractivity contribution >= 4 is 27.3 Å². The highest BCUT2D eigenvalue weighted by Crippen LogP contribution is 2.23. The fraction of sp³-hybridized carbons (Fsp3) is 0.278. The molecule has 2 aromatic carbocycles. The van der Waals surface area contributed by atoms with Crippen molar-refractivity contribution < 1.29 is 17.9 Å². The molecule has 1 N–H and O–H groups in total. The molecule has 0 heterocycles. The number of sulfonamides is 1. The van der Waals surface area contributed by atoms with Gasteiger partial charge in [-0.25, -0.2) is 8.42 Å². The molecule has 0 aliphatic rings. The second-order valence-electron chi connectivity index (χ2n) is 5.53. The number of methoxy groups -OCH3 is 1. The number of amides is 1. The van der Waals surface area contributed by atoms with Crippen LogP contribution >= 0.6 is 0 Å². The van der Waals surface area contributed by atoms with E-state index in [-0.39, 0.29) is 6.54 Å². The van der Waals surface area contributed by atoms with Crippen LogP contribution < -0.4 is 14.4 Å². The highest BCUT2D eigenvalue weighted by Gasteiger charge is 2.22. The van der Waals surface area contributed by atoms with Crippen LogP contribution in [0.4, 0.5) is 11.4 Å². The molecule has 0 radical (unpaired) electrons. The number of carbonyl (C=O) groups is 1. The first-order valence-electron chi connectivity index (χ1n) is 7.84.